The maximum absolute atomic E-state index is 12.0. The van der Waals surface area contributed by atoms with Gasteiger partial charge in [0.1, 0.15) is 12.4 Å². The molecule has 23 heavy (non-hydrogen) atoms. The summed E-state index contributed by atoms with van der Waals surface area (Å²) in [6.07, 6.45) is 1.85. The normalized spacial score (nSPS) is 15.0. The van der Waals surface area contributed by atoms with E-state index in [2.05, 4.69) is 28.8 Å². The van der Waals surface area contributed by atoms with Crippen LogP contribution >= 0.6 is 12.4 Å². The Morgan fingerprint density at radius 1 is 1.13 bits per heavy atom. The molecular weight excluding hydrogens is 312 g/mol. The van der Waals surface area contributed by atoms with Gasteiger partial charge in [-0.1, -0.05) is 36.4 Å². The van der Waals surface area contributed by atoms with Gasteiger partial charge in [0, 0.05) is 11.3 Å². The van der Waals surface area contributed by atoms with Crippen molar-refractivity contribution in [3.8, 4) is 5.75 Å². The number of fused-ring (bicyclic) bond motifs is 1. The maximum atomic E-state index is 12.0. The molecule has 1 aliphatic heterocycles. The minimum Gasteiger partial charge on any atom is -0.491 e. The molecule has 0 bridgehead atoms. The predicted molar refractivity (Wildman–Crippen MR) is 95.3 cm³/mol. The first kappa shape index (κ1) is 17.6. The van der Waals surface area contributed by atoms with E-state index in [0.29, 0.717) is 13.2 Å². The summed E-state index contributed by atoms with van der Waals surface area (Å²) in [6, 6.07) is 14.2. The van der Waals surface area contributed by atoms with Crippen LogP contribution in [0.1, 0.15) is 12.8 Å². The molecule has 1 saturated heterocycles. The van der Waals surface area contributed by atoms with Crippen LogP contribution in [-0.4, -0.2) is 32.1 Å². The molecule has 1 amide bonds. The Morgan fingerprint density at radius 3 is 2.70 bits per heavy atom. The highest BCUT2D eigenvalue weighted by molar-refractivity contribution is 5.88. The van der Waals surface area contributed by atoms with Crippen LogP contribution in [0.3, 0.4) is 0 Å². The van der Waals surface area contributed by atoms with Crippen LogP contribution in [0.4, 0.5) is 0 Å². The summed E-state index contributed by atoms with van der Waals surface area (Å²) in [4.78, 5) is 12.0. The molecule has 2 aromatic rings. The minimum absolute atomic E-state index is 0. The summed E-state index contributed by atoms with van der Waals surface area (Å²) in [7, 11) is 0. The fraction of sp³-hybridized carbons (Fsp3) is 0.389. The summed E-state index contributed by atoms with van der Waals surface area (Å²) in [5, 5.41) is 8.52. The predicted octanol–water partition coefficient (Wildman–Crippen LogP) is 2.76. The van der Waals surface area contributed by atoms with Crippen molar-refractivity contribution in [1.29, 1.82) is 0 Å². The summed E-state index contributed by atoms with van der Waals surface area (Å²) in [5.41, 5.74) is 0. The van der Waals surface area contributed by atoms with Gasteiger partial charge in [0.25, 0.3) is 0 Å². The Labute approximate surface area is 143 Å². The highest BCUT2D eigenvalue weighted by Gasteiger charge is 2.20. The van der Waals surface area contributed by atoms with E-state index in [1.54, 1.807) is 0 Å². The van der Waals surface area contributed by atoms with E-state index in [4.69, 9.17) is 4.74 Å². The van der Waals surface area contributed by atoms with Gasteiger partial charge in [0.05, 0.1) is 6.54 Å². The van der Waals surface area contributed by atoms with E-state index in [9.17, 15) is 4.79 Å². The third kappa shape index (κ3) is 4.60. The molecule has 0 unspecified atom stereocenters. The quantitative estimate of drug-likeness (QED) is 0.827. The SMILES string of the molecule is Cl.O=C(NCCOc1cccc2ccccc12)C1CCNCC1. The van der Waals surface area contributed by atoms with Crippen LogP contribution in [0.15, 0.2) is 42.5 Å². The number of halogens is 1. The molecule has 0 spiro atoms. The number of nitrogens with one attached hydrogen (secondary N) is 2. The fourth-order valence-corrected chi connectivity index (χ4v) is 2.89. The van der Waals surface area contributed by atoms with Crippen molar-refractivity contribution >= 4 is 29.1 Å². The molecule has 4 nitrogen and oxygen atoms in total. The molecular formula is C18H23ClN2O2. The third-order valence-corrected chi connectivity index (χ3v) is 4.12. The molecule has 0 saturated carbocycles. The van der Waals surface area contributed by atoms with Gasteiger partial charge in [-0.25, -0.2) is 0 Å². The average molecular weight is 335 g/mol. The monoisotopic (exact) mass is 334 g/mol. The Hall–Kier alpha value is -1.78. The number of hydrogen-bond donors (Lipinski definition) is 2. The number of piperidine rings is 1. The van der Waals surface area contributed by atoms with Crippen LogP contribution < -0.4 is 15.4 Å². The van der Waals surface area contributed by atoms with Gasteiger partial charge in [-0.3, -0.25) is 4.79 Å². The molecule has 0 aliphatic carbocycles. The first-order chi connectivity index (χ1) is 10.8. The number of hydrogen-bond acceptors (Lipinski definition) is 3. The molecule has 1 aliphatic rings. The molecule has 0 radical (unpaired) electrons. The standard InChI is InChI=1S/C18H22N2O2.ClH/c21-18(15-8-10-19-11-9-15)20-12-13-22-17-7-3-5-14-4-1-2-6-16(14)17;/h1-7,15,19H,8-13H2,(H,20,21);1H. The average Bonchev–Trinajstić information content (AvgIpc) is 2.59. The van der Waals surface area contributed by atoms with Gasteiger partial charge in [-0.05, 0) is 37.4 Å². The van der Waals surface area contributed by atoms with Crippen molar-refractivity contribution in [1.82, 2.24) is 10.6 Å². The largest absolute Gasteiger partial charge is 0.491 e. The molecule has 5 heteroatoms. The van der Waals surface area contributed by atoms with E-state index in [-0.39, 0.29) is 24.2 Å². The van der Waals surface area contributed by atoms with Crippen molar-refractivity contribution in [3.05, 3.63) is 42.5 Å². The molecule has 3 rings (SSSR count). The summed E-state index contributed by atoms with van der Waals surface area (Å²) in [6.45, 7) is 2.91. The van der Waals surface area contributed by atoms with Gasteiger partial charge in [0.2, 0.25) is 5.91 Å². The van der Waals surface area contributed by atoms with Crippen LogP contribution in [-0.2, 0) is 4.79 Å². The molecule has 0 atom stereocenters. The Bertz CT molecular complexity index is 636. The van der Waals surface area contributed by atoms with E-state index >= 15 is 0 Å². The first-order valence-corrected chi connectivity index (χ1v) is 7.93. The van der Waals surface area contributed by atoms with E-state index in [1.807, 2.05) is 24.3 Å². The smallest absolute Gasteiger partial charge is 0.223 e. The number of ether oxygens (including phenoxy) is 1. The van der Waals surface area contributed by atoms with Gasteiger partial charge in [0.15, 0.2) is 0 Å². The summed E-state index contributed by atoms with van der Waals surface area (Å²) >= 11 is 0. The molecule has 124 valence electrons. The van der Waals surface area contributed by atoms with Crippen LogP contribution in [0.5, 0.6) is 5.75 Å². The van der Waals surface area contributed by atoms with Crippen molar-refractivity contribution in [2.75, 3.05) is 26.2 Å². The van der Waals surface area contributed by atoms with E-state index < -0.39 is 0 Å². The van der Waals surface area contributed by atoms with Gasteiger partial charge < -0.3 is 15.4 Å². The van der Waals surface area contributed by atoms with Gasteiger partial charge in [-0.2, -0.15) is 0 Å². The van der Waals surface area contributed by atoms with Crippen molar-refractivity contribution in [3.63, 3.8) is 0 Å². The molecule has 1 heterocycles. The third-order valence-electron chi connectivity index (χ3n) is 4.12. The van der Waals surface area contributed by atoms with E-state index in [0.717, 1.165) is 37.1 Å². The van der Waals surface area contributed by atoms with Crippen LogP contribution in [0.2, 0.25) is 0 Å². The molecule has 2 aromatic carbocycles. The zero-order valence-corrected chi connectivity index (χ0v) is 13.9. The second kappa shape index (κ2) is 8.75. The molecule has 1 fully saturated rings. The van der Waals surface area contributed by atoms with Gasteiger partial charge in [-0.15, -0.1) is 12.4 Å². The lowest BCUT2D eigenvalue weighted by Crippen LogP contribution is -2.39. The zero-order chi connectivity index (χ0) is 15.2. The van der Waals surface area contributed by atoms with Crippen molar-refractivity contribution in [2.24, 2.45) is 5.92 Å². The topological polar surface area (TPSA) is 50.4 Å². The number of carbonyl (C=O) groups excluding carboxylic acids is 1. The highest BCUT2D eigenvalue weighted by Crippen LogP contribution is 2.24. The second-order valence-electron chi connectivity index (χ2n) is 5.64. The molecule has 2 N–H and O–H groups in total. The van der Waals surface area contributed by atoms with Crippen LogP contribution in [0.25, 0.3) is 10.8 Å². The second-order valence-corrected chi connectivity index (χ2v) is 5.64. The lowest BCUT2D eigenvalue weighted by atomic mass is 9.97. The van der Waals surface area contributed by atoms with Crippen molar-refractivity contribution < 1.29 is 9.53 Å². The highest BCUT2D eigenvalue weighted by atomic mass is 35.5. The number of rotatable bonds is 5. The maximum Gasteiger partial charge on any atom is 0.223 e. The minimum atomic E-state index is 0. The number of benzene rings is 2. The lowest BCUT2D eigenvalue weighted by molar-refractivity contribution is -0.125. The Balaban J connectivity index is 0.00000192. The van der Waals surface area contributed by atoms with Crippen LogP contribution in [0, 0.1) is 5.92 Å². The van der Waals surface area contributed by atoms with Crippen molar-refractivity contribution in [2.45, 2.75) is 12.8 Å². The fourth-order valence-electron chi connectivity index (χ4n) is 2.89. The summed E-state index contributed by atoms with van der Waals surface area (Å²) in [5.74, 6) is 1.18. The number of amides is 1. The molecule has 0 aromatic heterocycles. The zero-order valence-electron chi connectivity index (χ0n) is 13.1. The lowest BCUT2D eigenvalue weighted by Gasteiger charge is -2.21. The first-order valence-electron chi connectivity index (χ1n) is 7.93. The van der Waals surface area contributed by atoms with Gasteiger partial charge >= 0.3 is 0 Å². The summed E-state index contributed by atoms with van der Waals surface area (Å²) < 4.78 is 5.83. The Kier molecular flexibility index (Phi) is 6.68. The van der Waals surface area contributed by atoms with E-state index in [1.165, 1.54) is 5.39 Å². The Morgan fingerprint density at radius 2 is 1.87 bits per heavy atom. The number of carbonyl (C=O) groups is 1.